The molecule has 0 amide bonds. The Morgan fingerprint density at radius 3 is 2.40 bits per heavy atom. The summed E-state index contributed by atoms with van der Waals surface area (Å²) in [5.41, 5.74) is 0. The van der Waals surface area contributed by atoms with Crippen LogP contribution in [-0.4, -0.2) is 18.2 Å². The second-order valence-corrected chi connectivity index (χ2v) is 6.81. The molecular weight excluding hydrogens is 227 g/mol. The molecule has 3 heteroatoms. The molecule has 0 spiro atoms. The van der Waals surface area contributed by atoms with Crippen molar-refractivity contribution in [3.63, 3.8) is 0 Å². The van der Waals surface area contributed by atoms with Gasteiger partial charge in [-0.05, 0) is 25.0 Å². The van der Waals surface area contributed by atoms with Gasteiger partial charge >= 0.3 is 0 Å². The lowest BCUT2D eigenvalue weighted by Crippen LogP contribution is -2.14. The number of hydrogen-bond acceptors (Lipinski definition) is 2. The van der Waals surface area contributed by atoms with Crippen LogP contribution >= 0.6 is 21.6 Å². The zero-order valence-electron chi connectivity index (χ0n) is 10.3. The zero-order chi connectivity index (χ0) is 11.5. The van der Waals surface area contributed by atoms with E-state index < -0.39 is 0 Å². The first kappa shape index (κ1) is 15.6. The van der Waals surface area contributed by atoms with E-state index in [1.807, 2.05) is 10.8 Å². The van der Waals surface area contributed by atoms with Crippen molar-refractivity contribution < 1.29 is 4.39 Å². The molecule has 0 aromatic rings. The van der Waals surface area contributed by atoms with Crippen molar-refractivity contribution in [2.24, 2.45) is 5.92 Å². The maximum atomic E-state index is 12.3. The summed E-state index contributed by atoms with van der Waals surface area (Å²) in [7, 11) is 3.62. The van der Waals surface area contributed by atoms with Crippen molar-refractivity contribution in [2.75, 3.05) is 12.9 Å². The van der Waals surface area contributed by atoms with Crippen LogP contribution in [0, 0.1) is 5.92 Å². The molecule has 0 N–H and O–H groups in total. The van der Waals surface area contributed by atoms with Gasteiger partial charge in [0, 0.05) is 5.25 Å². The molecule has 0 aliphatic carbocycles. The van der Waals surface area contributed by atoms with E-state index in [-0.39, 0.29) is 6.67 Å². The van der Waals surface area contributed by atoms with Gasteiger partial charge in [0.05, 0.1) is 6.67 Å². The fourth-order valence-electron chi connectivity index (χ4n) is 1.74. The Bertz CT molecular complexity index is 125. The molecule has 0 aliphatic heterocycles. The third kappa shape index (κ3) is 8.44. The van der Waals surface area contributed by atoms with Gasteiger partial charge in [-0.2, -0.15) is 0 Å². The van der Waals surface area contributed by atoms with Gasteiger partial charge in [0.2, 0.25) is 0 Å². The summed E-state index contributed by atoms with van der Waals surface area (Å²) in [6.45, 7) is 4.34. The van der Waals surface area contributed by atoms with Crippen molar-refractivity contribution in [3.8, 4) is 0 Å². The molecule has 15 heavy (non-hydrogen) atoms. The van der Waals surface area contributed by atoms with Crippen LogP contribution in [0.25, 0.3) is 0 Å². The van der Waals surface area contributed by atoms with Crippen LogP contribution in [0.4, 0.5) is 4.39 Å². The van der Waals surface area contributed by atoms with Crippen LogP contribution in [0.15, 0.2) is 0 Å². The molecule has 0 bridgehead atoms. The quantitative estimate of drug-likeness (QED) is 0.380. The van der Waals surface area contributed by atoms with Crippen LogP contribution in [0.2, 0.25) is 0 Å². The van der Waals surface area contributed by atoms with Gasteiger partial charge in [-0.3, -0.25) is 4.39 Å². The van der Waals surface area contributed by atoms with E-state index in [4.69, 9.17) is 0 Å². The molecule has 0 saturated heterocycles. The Kier molecular flexibility index (Phi) is 11.6. The number of hydrogen-bond donors (Lipinski definition) is 0. The SMILES string of the molecule is CCCCCCC(C)[C@H](CCF)SSC. The molecule has 2 atom stereocenters. The number of alkyl halides is 1. The third-order valence-corrected chi connectivity index (χ3v) is 5.22. The molecular formula is C12H25FS2. The minimum Gasteiger partial charge on any atom is -0.251 e. The van der Waals surface area contributed by atoms with Gasteiger partial charge in [0.25, 0.3) is 0 Å². The van der Waals surface area contributed by atoms with Gasteiger partial charge in [-0.25, -0.2) is 0 Å². The summed E-state index contributed by atoms with van der Waals surface area (Å²) in [5.74, 6) is 0.662. The van der Waals surface area contributed by atoms with Gasteiger partial charge < -0.3 is 0 Å². The molecule has 0 aromatic carbocycles. The van der Waals surface area contributed by atoms with Crippen molar-refractivity contribution >= 4 is 21.6 Å². The highest BCUT2D eigenvalue weighted by molar-refractivity contribution is 8.76. The van der Waals surface area contributed by atoms with Crippen molar-refractivity contribution in [1.29, 1.82) is 0 Å². The summed E-state index contributed by atoms with van der Waals surface area (Å²) in [6.07, 6.45) is 9.36. The number of unbranched alkanes of at least 4 members (excludes halogenated alkanes) is 3. The fraction of sp³-hybridized carbons (Fsp3) is 1.00. The predicted octanol–water partition coefficient (Wildman–Crippen LogP) is 5.33. The van der Waals surface area contributed by atoms with E-state index in [0.29, 0.717) is 11.2 Å². The lowest BCUT2D eigenvalue weighted by molar-refractivity contribution is 0.405. The van der Waals surface area contributed by atoms with E-state index in [0.717, 1.165) is 6.42 Å². The van der Waals surface area contributed by atoms with E-state index in [9.17, 15) is 4.39 Å². The molecule has 0 radical (unpaired) electrons. The summed E-state index contributed by atoms with van der Waals surface area (Å²) >= 11 is 0. The standard InChI is InChI=1S/C12H25FS2/c1-4-5-6-7-8-11(2)12(9-10-13)15-14-3/h11-12H,4-10H2,1-3H3/t11?,12-/m0/s1. The third-order valence-electron chi connectivity index (χ3n) is 2.76. The first-order valence-corrected chi connectivity index (χ1v) is 8.63. The van der Waals surface area contributed by atoms with Gasteiger partial charge in [-0.1, -0.05) is 61.1 Å². The normalized spacial score (nSPS) is 15.2. The zero-order valence-corrected chi connectivity index (χ0v) is 11.9. The van der Waals surface area contributed by atoms with Crippen LogP contribution < -0.4 is 0 Å². The van der Waals surface area contributed by atoms with E-state index in [2.05, 4.69) is 20.1 Å². The minimum absolute atomic E-state index is 0.169. The molecule has 0 rings (SSSR count). The van der Waals surface area contributed by atoms with Crippen LogP contribution in [0.1, 0.15) is 52.4 Å². The highest BCUT2D eigenvalue weighted by Gasteiger charge is 2.16. The molecule has 0 heterocycles. The largest absolute Gasteiger partial charge is 0.251 e. The van der Waals surface area contributed by atoms with Gasteiger partial charge in [0.15, 0.2) is 0 Å². The molecule has 0 aromatic heterocycles. The first-order chi connectivity index (χ1) is 7.26. The summed E-state index contributed by atoms with van der Waals surface area (Å²) in [5, 5.41) is 0.506. The minimum atomic E-state index is -0.169. The Hall–Kier alpha value is 0.630. The molecule has 0 fully saturated rings. The van der Waals surface area contributed by atoms with E-state index in [1.165, 1.54) is 32.1 Å². The molecule has 0 saturated carbocycles. The second-order valence-electron chi connectivity index (χ2n) is 4.11. The molecule has 1 unspecified atom stereocenters. The summed E-state index contributed by atoms with van der Waals surface area (Å²) < 4.78 is 12.3. The Balaban J connectivity index is 3.65. The fourth-order valence-corrected chi connectivity index (χ4v) is 4.10. The van der Waals surface area contributed by atoms with Crippen molar-refractivity contribution in [2.45, 2.75) is 57.6 Å². The Morgan fingerprint density at radius 1 is 1.13 bits per heavy atom. The van der Waals surface area contributed by atoms with Crippen LogP contribution in [0.5, 0.6) is 0 Å². The second kappa shape index (κ2) is 11.1. The van der Waals surface area contributed by atoms with Crippen LogP contribution in [-0.2, 0) is 0 Å². The smallest absolute Gasteiger partial charge is 0.0905 e. The first-order valence-electron chi connectivity index (χ1n) is 6.01. The topological polar surface area (TPSA) is 0 Å². The lowest BCUT2D eigenvalue weighted by atomic mass is 9.97. The van der Waals surface area contributed by atoms with E-state index in [1.54, 1.807) is 10.8 Å². The average Bonchev–Trinajstić information content (AvgIpc) is 2.24. The average molecular weight is 252 g/mol. The van der Waals surface area contributed by atoms with Gasteiger partial charge in [0.1, 0.15) is 0 Å². The van der Waals surface area contributed by atoms with E-state index >= 15 is 0 Å². The number of rotatable bonds is 10. The summed E-state index contributed by atoms with van der Waals surface area (Å²) in [4.78, 5) is 0. The highest BCUT2D eigenvalue weighted by atomic mass is 33.1. The monoisotopic (exact) mass is 252 g/mol. The summed E-state index contributed by atoms with van der Waals surface area (Å²) in [6, 6.07) is 0. The Labute approximate surface area is 103 Å². The van der Waals surface area contributed by atoms with Crippen molar-refractivity contribution in [3.05, 3.63) is 0 Å². The predicted molar refractivity (Wildman–Crippen MR) is 73.4 cm³/mol. The highest BCUT2D eigenvalue weighted by Crippen LogP contribution is 2.33. The molecule has 92 valence electrons. The Morgan fingerprint density at radius 2 is 1.87 bits per heavy atom. The van der Waals surface area contributed by atoms with Crippen LogP contribution in [0.3, 0.4) is 0 Å². The molecule has 0 aliphatic rings. The maximum Gasteiger partial charge on any atom is 0.0905 e. The maximum absolute atomic E-state index is 12.3. The lowest BCUT2D eigenvalue weighted by Gasteiger charge is -2.21. The van der Waals surface area contributed by atoms with Crippen molar-refractivity contribution in [1.82, 2.24) is 0 Å². The van der Waals surface area contributed by atoms with Gasteiger partial charge in [-0.15, -0.1) is 0 Å². The molecule has 0 nitrogen and oxygen atoms in total. The number of halogens is 1.